The molecule has 3 fully saturated rings. The van der Waals surface area contributed by atoms with Crippen molar-refractivity contribution in [2.45, 2.75) is 63.1 Å². The molecule has 4 rings (SSSR count). The lowest BCUT2D eigenvalue weighted by atomic mass is 9.83. The van der Waals surface area contributed by atoms with Crippen LogP contribution in [0.15, 0.2) is 24.5 Å². The molecule has 1 aromatic rings. The number of hydrogen-bond acceptors (Lipinski definition) is 3. The van der Waals surface area contributed by atoms with Gasteiger partial charge in [0, 0.05) is 37.0 Å². The van der Waals surface area contributed by atoms with Gasteiger partial charge in [-0.05, 0) is 37.8 Å². The molecule has 0 spiro atoms. The average Bonchev–Trinajstić information content (AvgIpc) is 2.70. The van der Waals surface area contributed by atoms with Crippen LogP contribution in [0.3, 0.4) is 0 Å². The second kappa shape index (κ2) is 5.32. The zero-order valence-corrected chi connectivity index (χ0v) is 12.3. The zero-order chi connectivity index (χ0) is 14.2. The Kier molecular flexibility index (Phi) is 3.32. The van der Waals surface area contributed by atoms with Gasteiger partial charge in [-0.3, -0.25) is 9.78 Å². The summed E-state index contributed by atoms with van der Waals surface area (Å²) in [5.41, 5.74) is 0. The van der Waals surface area contributed by atoms with Crippen molar-refractivity contribution >= 4 is 5.91 Å². The van der Waals surface area contributed by atoms with E-state index in [0.717, 1.165) is 44.3 Å². The van der Waals surface area contributed by atoms with Crippen LogP contribution in [0.5, 0.6) is 5.75 Å². The predicted molar refractivity (Wildman–Crippen MR) is 78.9 cm³/mol. The van der Waals surface area contributed by atoms with E-state index in [-0.39, 0.29) is 6.10 Å². The fourth-order valence-electron chi connectivity index (χ4n) is 4.06. The number of fused-ring (bicyclic) bond motifs is 2. The van der Waals surface area contributed by atoms with Gasteiger partial charge in [-0.2, -0.15) is 0 Å². The lowest BCUT2D eigenvalue weighted by Crippen LogP contribution is -2.52. The largest absolute Gasteiger partial charge is 0.489 e. The summed E-state index contributed by atoms with van der Waals surface area (Å²) in [4.78, 5) is 18.9. The quantitative estimate of drug-likeness (QED) is 0.858. The topological polar surface area (TPSA) is 42.4 Å². The Bertz CT molecular complexity index is 501. The lowest BCUT2D eigenvalue weighted by Gasteiger charge is -2.42. The van der Waals surface area contributed by atoms with Crippen LogP contribution in [0.2, 0.25) is 0 Å². The minimum Gasteiger partial charge on any atom is -0.489 e. The standard InChI is InChI=1S/C17H22N2O2/c20-17(12-3-1-4-12)19-13-6-7-14(19)10-16(9-13)21-15-5-2-8-18-11-15/h2,5,8,11-14,16H,1,3-4,6-7,9-10H2. The first kappa shape index (κ1) is 13.1. The number of rotatable bonds is 3. The molecule has 4 nitrogen and oxygen atoms in total. The minimum atomic E-state index is 0.233. The van der Waals surface area contributed by atoms with E-state index in [1.54, 1.807) is 12.4 Å². The van der Waals surface area contributed by atoms with Gasteiger partial charge in [-0.15, -0.1) is 0 Å². The van der Waals surface area contributed by atoms with Crippen LogP contribution >= 0.6 is 0 Å². The molecule has 21 heavy (non-hydrogen) atoms. The monoisotopic (exact) mass is 286 g/mol. The third-order valence-corrected chi connectivity index (χ3v) is 5.34. The minimum absolute atomic E-state index is 0.233. The third kappa shape index (κ3) is 2.41. The van der Waals surface area contributed by atoms with Crippen LogP contribution in [-0.4, -0.2) is 34.0 Å². The Morgan fingerprint density at radius 3 is 2.52 bits per heavy atom. The van der Waals surface area contributed by atoms with Crippen molar-refractivity contribution in [1.82, 2.24) is 9.88 Å². The number of pyridine rings is 1. The molecule has 1 aromatic heterocycles. The van der Waals surface area contributed by atoms with Crippen LogP contribution in [-0.2, 0) is 4.79 Å². The van der Waals surface area contributed by atoms with Gasteiger partial charge in [0.2, 0.25) is 5.91 Å². The third-order valence-electron chi connectivity index (χ3n) is 5.34. The van der Waals surface area contributed by atoms with Crippen LogP contribution in [0.25, 0.3) is 0 Å². The van der Waals surface area contributed by atoms with E-state index in [1.165, 1.54) is 6.42 Å². The van der Waals surface area contributed by atoms with Gasteiger partial charge in [-0.1, -0.05) is 6.42 Å². The molecule has 4 heteroatoms. The molecule has 2 aliphatic heterocycles. The van der Waals surface area contributed by atoms with E-state index in [1.807, 2.05) is 12.1 Å². The Morgan fingerprint density at radius 2 is 1.95 bits per heavy atom. The summed E-state index contributed by atoms with van der Waals surface area (Å²) in [6, 6.07) is 4.66. The number of carbonyl (C=O) groups excluding carboxylic acids is 1. The first-order valence-electron chi connectivity index (χ1n) is 8.20. The second-order valence-corrected chi connectivity index (χ2v) is 6.66. The number of piperidine rings is 1. The molecule has 1 aliphatic carbocycles. The first-order valence-corrected chi connectivity index (χ1v) is 8.20. The molecule has 3 heterocycles. The fraction of sp³-hybridized carbons (Fsp3) is 0.647. The predicted octanol–water partition coefficient (Wildman–Crippen LogP) is 2.78. The maximum atomic E-state index is 12.6. The van der Waals surface area contributed by atoms with Gasteiger partial charge in [-0.25, -0.2) is 0 Å². The fourth-order valence-corrected chi connectivity index (χ4v) is 4.06. The summed E-state index contributed by atoms with van der Waals surface area (Å²) in [5, 5.41) is 0. The van der Waals surface area contributed by atoms with E-state index in [4.69, 9.17) is 4.74 Å². The highest BCUT2D eigenvalue weighted by Gasteiger charge is 2.46. The van der Waals surface area contributed by atoms with Crippen LogP contribution in [0.4, 0.5) is 0 Å². The number of carbonyl (C=O) groups is 1. The molecule has 1 amide bonds. The van der Waals surface area contributed by atoms with Crippen molar-refractivity contribution in [3.63, 3.8) is 0 Å². The summed E-state index contributed by atoms with van der Waals surface area (Å²) < 4.78 is 6.06. The summed E-state index contributed by atoms with van der Waals surface area (Å²) >= 11 is 0. The van der Waals surface area contributed by atoms with E-state index in [2.05, 4.69) is 9.88 Å². The van der Waals surface area contributed by atoms with Gasteiger partial charge in [0.15, 0.2) is 0 Å². The van der Waals surface area contributed by atoms with Crippen LogP contribution in [0, 0.1) is 5.92 Å². The number of nitrogens with zero attached hydrogens (tertiary/aromatic N) is 2. The van der Waals surface area contributed by atoms with E-state index >= 15 is 0 Å². The Labute approximate surface area is 125 Å². The van der Waals surface area contributed by atoms with E-state index in [0.29, 0.717) is 23.9 Å². The number of hydrogen-bond donors (Lipinski definition) is 0. The molecule has 0 N–H and O–H groups in total. The lowest BCUT2D eigenvalue weighted by molar-refractivity contribution is -0.144. The average molecular weight is 286 g/mol. The normalized spacial score (nSPS) is 31.8. The molecule has 2 bridgehead atoms. The van der Waals surface area contributed by atoms with Gasteiger partial charge < -0.3 is 9.64 Å². The molecular formula is C17H22N2O2. The Morgan fingerprint density at radius 1 is 1.19 bits per heavy atom. The zero-order valence-electron chi connectivity index (χ0n) is 12.3. The van der Waals surface area contributed by atoms with Gasteiger partial charge >= 0.3 is 0 Å². The molecule has 2 unspecified atom stereocenters. The number of ether oxygens (including phenoxy) is 1. The molecule has 0 aromatic carbocycles. The summed E-state index contributed by atoms with van der Waals surface area (Å²) in [5.74, 6) is 1.60. The summed E-state index contributed by atoms with van der Waals surface area (Å²) in [6.07, 6.45) is 11.4. The van der Waals surface area contributed by atoms with Crippen molar-refractivity contribution in [2.75, 3.05) is 0 Å². The maximum Gasteiger partial charge on any atom is 0.226 e. The van der Waals surface area contributed by atoms with Crippen molar-refractivity contribution in [3.05, 3.63) is 24.5 Å². The molecule has 1 saturated carbocycles. The van der Waals surface area contributed by atoms with Gasteiger partial charge in [0.05, 0.1) is 6.20 Å². The highest BCUT2D eigenvalue weighted by atomic mass is 16.5. The van der Waals surface area contributed by atoms with Crippen LogP contribution in [0.1, 0.15) is 44.9 Å². The molecule has 0 radical (unpaired) electrons. The molecular weight excluding hydrogens is 264 g/mol. The van der Waals surface area contributed by atoms with Crippen LogP contribution < -0.4 is 4.74 Å². The SMILES string of the molecule is O=C(C1CCC1)N1C2CCC1CC(Oc1cccnc1)C2. The highest BCUT2D eigenvalue weighted by Crippen LogP contribution is 2.40. The Balaban J connectivity index is 1.42. The van der Waals surface area contributed by atoms with E-state index < -0.39 is 0 Å². The van der Waals surface area contributed by atoms with Crippen molar-refractivity contribution in [1.29, 1.82) is 0 Å². The maximum absolute atomic E-state index is 12.6. The molecule has 2 saturated heterocycles. The first-order chi connectivity index (χ1) is 10.3. The molecule has 3 aliphatic rings. The summed E-state index contributed by atoms with van der Waals surface area (Å²) in [7, 11) is 0. The summed E-state index contributed by atoms with van der Waals surface area (Å²) in [6.45, 7) is 0. The van der Waals surface area contributed by atoms with Gasteiger partial charge in [0.1, 0.15) is 11.9 Å². The van der Waals surface area contributed by atoms with Crippen molar-refractivity contribution in [3.8, 4) is 5.75 Å². The smallest absolute Gasteiger partial charge is 0.226 e. The number of amides is 1. The molecule has 2 atom stereocenters. The van der Waals surface area contributed by atoms with Crippen molar-refractivity contribution in [2.24, 2.45) is 5.92 Å². The van der Waals surface area contributed by atoms with Crippen molar-refractivity contribution < 1.29 is 9.53 Å². The second-order valence-electron chi connectivity index (χ2n) is 6.66. The Hall–Kier alpha value is -1.58. The molecule has 112 valence electrons. The van der Waals surface area contributed by atoms with Gasteiger partial charge in [0.25, 0.3) is 0 Å². The highest BCUT2D eigenvalue weighted by molar-refractivity contribution is 5.80. The number of aromatic nitrogens is 1. The van der Waals surface area contributed by atoms with E-state index in [9.17, 15) is 4.79 Å².